The maximum atomic E-state index is 14.8. The summed E-state index contributed by atoms with van der Waals surface area (Å²) in [6.07, 6.45) is 1.93. The van der Waals surface area contributed by atoms with Crippen LogP contribution in [0.25, 0.3) is 16.9 Å². The van der Waals surface area contributed by atoms with E-state index in [1.807, 2.05) is 12.1 Å². The van der Waals surface area contributed by atoms with Gasteiger partial charge in [0.1, 0.15) is 5.82 Å². The van der Waals surface area contributed by atoms with Crippen molar-refractivity contribution in [1.29, 1.82) is 5.26 Å². The zero-order valence-corrected chi connectivity index (χ0v) is 18.5. The molecule has 3 aromatic rings. The van der Waals surface area contributed by atoms with Gasteiger partial charge in [0.2, 0.25) is 0 Å². The monoisotopic (exact) mass is 459 g/mol. The number of anilines is 1. The zero-order valence-electron chi connectivity index (χ0n) is 18.5. The summed E-state index contributed by atoms with van der Waals surface area (Å²) in [6.45, 7) is 3.41. The van der Waals surface area contributed by atoms with E-state index in [-0.39, 0.29) is 29.7 Å². The van der Waals surface area contributed by atoms with Crippen molar-refractivity contribution < 1.29 is 13.9 Å². The fourth-order valence-corrected chi connectivity index (χ4v) is 5.06. The van der Waals surface area contributed by atoms with Gasteiger partial charge in [-0.05, 0) is 25.2 Å². The molecule has 0 saturated carbocycles. The molecule has 2 aromatic heterocycles. The molecule has 0 unspecified atom stereocenters. The first-order valence-corrected chi connectivity index (χ1v) is 11.2. The number of halogens is 1. The Kier molecular flexibility index (Phi) is 4.83. The SMILES string of the molecule is CN1CCO[C@@H]2CN(c3ccn(-c4cc(-c5c(F)cccc5C#N)nc5c4C(=O)NC5)n3)C[C@@H]21. The summed E-state index contributed by atoms with van der Waals surface area (Å²) >= 11 is 0. The van der Waals surface area contributed by atoms with Crippen molar-refractivity contribution in [1.82, 2.24) is 25.0 Å². The van der Waals surface area contributed by atoms with Crippen LogP contribution in [0.15, 0.2) is 36.5 Å². The predicted molar refractivity (Wildman–Crippen MR) is 121 cm³/mol. The number of nitriles is 1. The Bertz CT molecular complexity index is 1350. The van der Waals surface area contributed by atoms with Crippen molar-refractivity contribution >= 4 is 11.7 Å². The van der Waals surface area contributed by atoms with Gasteiger partial charge in [0, 0.05) is 31.9 Å². The summed E-state index contributed by atoms with van der Waals surface area (Å²) < 4.78 is 22.3. The van der Waals surface area contributed by atoms with E-state index in [2.05, 4.69) is 27.1 Å². The number of rotatable bonds is 3. The summed E-state index contributed by atoms with van der Waals surface area (Å²) in [4.78, 5) is 21.6. The average molecular weight is 459 g/mol. The molecule has 34 heavy (non-hydrogen) atoms. The van der Waals surface area contributed by atoms with Crippen molar-refractivity contribution in [2.24, 2.45) is 0 Å². The number of hydrogen-bond donors (Lipinski definition) is 1. The highest BCUT2D eigenvalue weighted by molar-refractivity contribution is 6.01. The first kappa shape index (κ1) is 20.8. The number of nitrogens with zero attached hydrogens (tertiary/aromatic N) is 6. The highest BCUT2D eigenvalue weighted by Gasteiger charge is 2.39. The molecular formula is C24H22FN7O2. The van der Waals surface area contributed by atoms with E-state index < -0.39 is 5.82 Å². The van der Waals surface area contributed by atoms with Gasteiger partial charge in [0.25, 0.3) is 5.91 Å². The van der Waals surface area contributed by atoms with E-state index in [4.69, 9.17) is 9.84 Å². The number of nitrogens with one attached hydrogen (secondary N) is 1. The Morgan fingerprint density at radius 1 is 1.26 bits per heavy atom. The summed E-state index contributed by atoms with van der Waals surface area (Å²) in [5.41, 5.74) is 2.00. The number of hydrogen-bond acceptors (Lipinski definition) is 7. The van der Waals surface area contributed by atoms with Gasteiger partial charge in [-0.15, -0.1) is 0 Å². The molecule has 1 N–H and O–H groups in total. The number of benzene rings is 1. The largest absolute Gasteiger partial charge is 0.373 e. The highest BCUT2D eigenvalue weighted by atomic mass is 19.1. The van der Waals surface area contributed by atoms with E-state index in [1.54, 1.807) is 23.0 Å². The van der Waals surface area contributed by atoms with Crippen LogP contribution in [0.5, 0.6) is 0 Å². The van der Waals surface area contributed by atoms with Gasteiger partial charge in [-0.3, -0.25) is 9.69 Å². The Labute approximate surface area is 195 Å². The molecule has 2 atom stereocenters. The zero-order chi connectivity index (χ0) is 23.4. The fourth-order valence-electron chi connectivity index (χ4n) is 5.06. The Hall–Kier alpha value is -3.81. The first-order chi connectivity index (χ1) is 16.5. The molecule has 1 amide bonds. The Morgan fingerprint density at radius 2 is 2.15 bits per heavy atom. The van der Waals surface area contributed by atoms with Crippen LogP contribution < -0.4 is 10.2 Å². The second-order valence-corrected chi connectivity index (χ2v) is 8.79. The summed E-state index contributed by atoms with van der Waals surface area (Å²) in [5, 5.41) is 17.1. The first-order valence-electron chi connectivity index (χ1n) is 11.2. The molecule has 2 saturated heterocycles. The van der Waals surface area contributed by atoms with E-state index in [9.17, 15) is 14.4 Å². The Balaban J connectivity index is 1.41. The molecule has 2 fully saturated rings. The standard InChI is InChI=1S/C24H22FN7O2/c1-30-7-8-34-20-13-31(12-19(20)30)21-5-6-32(29-21)18-9-16(28-17-11-27-24(33)23(17)18)22-14(10-26)3-2-4-15(22)25/h2-6,9,19-20H,7-8,11-13H2,1H3,(H,27,33)/t19-,20+/m0/s1. The lowest BCUT2D eigenvalue weighted by atomic mass is 10.0. The third-order valence-electron chi connectivity index (χ3n) is 6.83. The number of fused-ring (bicyclic) bond motifs is 2. The third-order valence-corrected chi connectivity index (χ3v) is 6.83. The van der Waals surface area contributed by atoms with Crippen LogP contribution in [0.1, 0.15) is 21.6 Å². The molecule has 9 nitrogen and oxygen atoms in total. The smallest absolute Gasteiger partial charge is 0.255 e. The van der Waals surface area contributed by atoms with Crippen LogP contribution in [0, 0.1) is 17.1 Å². The van der Waals surface area contributed by atoms with Crippen LogP contribution >= 0.6 is 0 Å². The summed E-state index contributed by atoms with van der Waals surface area (Å²) in [7, 11) is 2.11. The van der Waals surface area contributed by atoms with Crippen LogP contribution in [0.4, 0.5) is 10.2 Å². The minimum Gasteiger partial charge on any atom is -0.373 e. The molecule has 0 aliphatic carbocycles. The lowest BCUT2D eigenvalue weighted by Crippen LogP contribution is -2.48. The van der Waals surface area contributed by atoms with E-state index >= 15 is 0 Å². The quantitative estimate of drug-likeness (QED) is 0.637. The van der Waals surface area contributed by atoms with Crippen LogP contribution in [0.3, 0.4) is 0 Å². The summed E-state index contributed by atoms with van der Waals surface area (Å²) in [5.74, 6) is -0.0161. The van der Waals surface area contributed by atoms with Crippen molar-refractivity contribution in [3.63, 3.8) is 0 Å². The maximum absolute atomic E-state index is 14.8. The molecule has 172 valence electrons. The summed E-state index contributed by atoms with van der Waals surface area (Å²) in [6, 6.07) is 10.2. The number of pyridine rings is 1. The lowest BCUT2D eigenvalue weighted by Gasteiger charge is -2.33. The molecule has 0 spiro atoms. The number of morpholine rings is 1. The maximum Gasteiger partial charge on any atom is 0.255 e. The minimum atomic E-state index is -0.542. The Morgan fingerprint density at radius 3 is 2.97 bits per heavy atom. The van der Waals surface area contributed by atoms with E-state index in [0.29, 0.717) is 28.7 Å². The van der Waals surface area contributed by atoms with Gasteiger partial charge in [-0.1, -0.05) is 6.07 Å². The van der Waals surface area contributed by atoms with Crippen molar-refractivity contribution in [3.05, 3.63) is 59.2 Å². The number of likely N-dealkylation sites (N-methyl/N-ethyl adjacent to an activating group) is 1. The number of aromatic nitrogens is 3. The van der Waals surface area contributed by atoms with Gasteiger partial charge in [-0.2, -0.15) is 10.4 Å². The van der Waals surface area contributed by atoms with Crippen LogP contribution in [-0.4, -0.2) is 71.0 Å². The number of carbonyl (C=O) groups excluding carboxylic acids is 1. The molecule has 3 aliphatic heterocycles. The van der Waals surface area contributed by atoms with E-state index in [1.165, 1.54) is 12.1 Å². The van der Waals surface area contributed by atoms with Crippen molar-refractivity contribution in [2.75, 3.05) is 38.2 Å². The van der Waals surface area contributed by atoms with Gasteiger partial charge in [0.05, 0.1) is 65.1 Å². The van der Waals surface area contributed by atoms with Crippen LogP contribution in [-0.2, 0) is 11.3 Å². The second-order valence-electron chi connectivity index (χ2n) is 8.79. The molecule has 0 bridgehead atoms. The lowest BCUT2D eigenvalue weighted by molar-refractivity contribution is -0.0362. The topological polar surface area (TPSA) is 99.3 Å². The molecule has 5 heterocycles. The highest BCUT2D eigenvalue weighted by Crippen LogP contribution is 2.32. The molecule has 0 radical (unpaired) electrons. The normalized spacial score (nSPS) is 21.8. The predicted octanol–water partition coefficient (Wildman–Crippen LogP) is 1.71. The molecular weight excluding hydrogens is 437 g/mol. The van der Waals surface area contributed by atoms with E-state index in [0.717, 1.165) is 32.1 Å². The van der Waals surface area contributed by atoms with Gasteiger partial charge >= 0.3 is 0 Å². The van der Waals surface area contributed by atoms with Gasteiger partial charge in [-0.25, -0.2) is 14.1 Å². The molecule has 6 rings (SSSR count). The van der Waals surface area contributed by atoms with Crippen molar-refractivity contribution in [2.45, 2.75) is 18.7 Å². The molecule has 10 heteroatoms. The second kappa shape index (κ2) is 7.90. The molecule has 3 aliphatic rings. The average Bonchev–Trinajstić information content (AvgIpc) is 3.57. The van der Waals surface area contributed by atoms with Gasteiger partial charge < -0.3 is 15.0 Å². The fraction of sp³-hybridized carbons (Fsp3) is 0.333. The van der Waals surface area contributed by atoms with Gasteiger partial charge in [0.15, 0.2) is 5.82 Å². The number of ether oxygens (including phenoxy) is 1. The molecule has 1 aromatic carbocycles. The number of carbonyl (C=O) groups is 1. The van der Waals surface area contributed by atoms with Crippen molar-refractivity contribution in [3.8, 4) is 23.0 Å². The van der Waals surface area contributed by atoms with Crippen LogP contribution in [0.2, 0.25) is 0 Å². The minimum absolute atomic E-state index is 0.115. The third kappa shape index (κ3) is 3.24. The number of amides is 1.